The number of rotatable bonds is 3. The molecule has 0 aliphatic carbocycles. The second kappa shape index (κ2) is 5.62. The standard InChI is InChI=1S/C8H14N4O.ClH/c1-5-3-7(12-11-5)8(13)10-6(2)4-9;/h3,6H,4,9H2,1-2H3,(H,10,13)(H,11,12);1H/t6-;/m0./s1. The Bertz CT molecular complexity index is 299. The van der Waals surface area contributed by atoms with Crippen LogP contribution in [0.3, 0.4) is 0 Å². The second-order valence-corrected chi connectivity index (χ2v) is 3.05. The average molecular weight is 219 g/mol. The smallest absolute Gasteiger partial charge is 0.272 e. The van der Waals surface area contributed by atoms with Crippen LogP contribution >= 0.6 is 12.4 Å². The maximum atomic E-state index is 11.4. The molecule has 0 unspecified atom stereocenters. The van der Waals surface area contributed by atoms with Crippen molar-refractivity contribution in [2.45, 2.75) is 19.9 Å². The summed E-state index contributed by atoms with van der Waals surface area (Å²) in [4.78, 5) is 11.4. The van der Waals surface area contributed by atoms with E-state index < -0.39 is 0 Å². The van der Waals surface area contributed by atoms with E-state index in [4.69, 9.17) is 5.73 Å². The minimum Gasteiger partial charge on any atom is -0.347 e. The summed E-state index contributed by atoms with van der Waals surface area (Å²) in [5.74, 6) is -0.192. The van der Waals surface area contributed by atoms with Crippen LogP contribution in [0.1, 0.15) is 23.1 Å². The van der Waals surface area contributed by atoms with E-state index in [0.717, 1.165) is 5.69 Å². The van der Waals surface area contributed by atoms with Crippen molar-refractivity contribution in [2.75, 3.05) is 6.54 Å². The third kappa shape index (κ3) is 3.35. The van der Waals surface area contributed by atoms with Gasteiger partial charge in [-0.25, -0.2) is 0 Å². The van der Waals surface area contributed by atoms with Gasteiger partial charge in [0.25, 0.3) is 5.91 Å². The van der Waals surface area contributed by atoms with Gasteiger partial charge in [0.15, 0.2) is 0 Å². The second-order valence-electron chi connectivity index (χ2n) is 3.05. The molecule has 0 bridgehead atoms. The number of aromatic amines is 1. The van der Waals surface area contributed by atoms with Crippen molar-refractivity contribution in [3.05, 3.63) is 17.5 Å². The molecule has 5 nitrogen and oxygen atoms in total. The summed E-state index contributed by atoms with van der Waals surface area (Å²) >= 11 is 0. The quantitative estimate of drug-likeness (QED) is 0.679. The van der Waals surface area contributed by atoms with Crippen molar-refractivity contribution in [1.29, 1.82) is 0 Å². The highest BCUT2D eigenvalue weighted by atomic mass is 35.5. The first kappa shape index (κ1) is 12.9. The molecule has 0 saturated heterocycles. The Morgan fingerprint density at radius 2 is 2.43 bits per heavy atom. The van der Waals surface area contributed by atoms with Gasteiger partial charge >= 0.3 is 0 Å². The number of halogens is 1. The fourth-order valence-corrected chi connectivity index (χ4v) is 0.891. The molecule has 1 rings (SSSR count). The fourth-order valence-electron chi connectivity index (χ4n) is 0.891. The van der Waals surface area contributed by atoms with Crippen molar-refractivity contribution in [3.63, 3.8) is 0 Å². The normalized spacial score (nSPS) is 11.6. The first-order valence-electron chi connectivity index (χ1n) is 4.16. The van der Waals surface area contributed by atoms with Crippen LogP contribution in [-0.4, -0.2) is 28.7 Å². The first-order chi connectivity index (χ1) is 6.13. The van der Waals surface area contributed by atoms with Crippen LogP contribution in [0.25, 0.3) is 0 Å². The van der Waals surface area contributed by atoms with Crippen LogP contribution < -0.4 is 11.1 Å². The molecule has 0 aliphatic rings. The molecule has 4 N–H and O–H groups in total. The van der Waals surface area contributed by atoms with Crippen LogP contribution in [0.2, 0.25) is 0 Å². The van der Waals surface area contributed by atoms with E-state index in [2.05, 4.69) is 15.5 Å². The van der Waals surface area contributed by atoms with Crippen LogP contribution in [0.5, 0.6) is 0 Å². The Kier molecular flexibility index (Phi) is 5.19. The number of carbonyl (C=O) groups is 1. The molecule has 1 atom stereocenters. The van der Waals surface area contributed by atoms with Gasteiger partial charge in [0.05, 0.1) is 0 Å². The Hall–Kier alpha value is -1.07. The van der Waals surface area contributed by atoms with Crippen molar-refractivity contribution in [2.24, 2.45) is 5.73 Å². The maximum Gasteiger partial charge on any atom is 0.272 e. The van der Waals surface area contributed by atoms with Gasteiger partial charge in [-0.3, -0.25) is 9.89 Å². The Morgan fingerprint density at radius 1 is 1.79 bits per heavy atom. The molecule has 0 radical (unpaired) electrons. The monoisotopic (exact) mass is 218 g/mol. The van der Waals surface area contributed by atoms with Crippen LogP contribution in [-0.2, 0) is 0 Å². The van der Waals surface area contributed by atoms with Crippen molar-refractivity contribution in [3.8, 4) is 0 Å². The topological polar surface area (TPSA) is 83.8 Å². The number of nitrogens with one attached hydrogen (secondary N) is 2. The molecule has 14 heavy (non-hydrogen) atoms. The number of hydrogen-bond acceptors (Lipinski definition) is 3. The third-order valence-corrected chi connectivity index (χ3v) is 1.67. The lowest BCUT2D eigenvalue weighted by Crippen LogP contribution is -2.37. The number of nitrogens with two attached hydrogens (primary N) is 1. The number of aromatic nitrogens is 2. The lowest BCUT2D eigenvalue weighted by molar-refractivity contribution is 0.0936. The van der Waals surface area contributed by atoms with E-state index in [0.29, 0.717) is 12.2 Å². The number of nitrogens with zero attached hydrogens (tertiary/aromatic N) is 1. The van der Waals surface area contributed by atoms with Crippen molar-refractivity contribution >= 4 is 18.3 Å². The first-order valence-corrected chi connectivity index (χ1v) is 4.16. The van der Waals surface area contributed by atoms with Gasteiger partial charge < -0.3 is 11.1 Å². The largest absolute Gasteiger partial charge is 0.347 e. The van der Waals surface area contributed by atoms with E-state index in [-0.39, 0.29) is 24.4 Å². The molecular formula is C8H15ClN4O. The minimum atomic E-state index is -0.192. The molecule has 0 spiro atoms. The van der Waals surface area contributed by atoms with Crippen LogP contribution in [0.4, 0.5) is 0 Å². The molecule has 0 fully saturated rings. The van der Waals surface area contributed by atoms with Crippen LogP contribution in [0, 0.1) is 6.92 Å². The highest BCUT2D eigenvalue weighted by Gasteiger charge is 2.10. The zero-order valence-electron chi connectivity index (χ0n) is 8.20. The molecule has 1 amide bonds. The lowest BCUT2D eigenvalue weighted by Gasteiger charge is -2.08. The van der Waals surface area contributed by atoms with Crippen LogP contribution in [0.15, 0.2) is 6.07 Å². The number of aryl methyl sites for hydroxylation is 1. The van der Waals surface area contributed by atoms with Crippen molar-refractivity contribution < 1.29 is 4.79 Å². The summed E-state index contributed by atoms with van der Waals surface area (Å²) in [6.07, 6.45) is 0. The van der Waals surface area contributed by atoms with Gasteiger partial charge in [0.2, 0.25) is 0 Å². The highest BCUT2D eigenvalue weighted by molar-refractivity contribution is 5.92. The number of hydrogen-bond donors (Lipinski definition) is 3. The number of amides is 1. The molecule has 80 valence electrons. The fraction of sp³-hybridized carbons (Fsp3) is 0.500. The molecular weight excluding hydrogens is 204 g/mol. The minimum absolute atomic E-state index is 0. The Balaban J connectivity index is 0.00000169. The van der Waals surface area contributed by atoms with E-state index in [1.807, 2.05) is 13.8 Å². The summed E-state index contributed by atoms with van der Waals surface area (Å²) in [5.41, 5.74) is 6.63. The summed E-state index contributed by atoms with van der Waals surface area (Å²) < 4.78 is 0. The zero-order chi connectivity index (χ0) is 9.84. The van der Waals surface area contributed by atoms with Gasteiger partial charge in [-0.15, -0.1) is 12.4 Å². The zero-order valence-corrected chi connectivity index (χ0v) is 9.02. The highest BCUT2D eigenvalue weighted by Crippen LogP contribution is 1.97. The summed E-state index contributed by atoms with van der Waals surface area (Å²) in [6, 6.07) is 1.67. The molecule has 0 saturated carbocycles. The molecule has 0 aromatic carbocycles. The van der Waals surface area contributed by atoms with Gasteiger partial charge in [-0.2, -0.15) is 5.10 Å². The van der Waals surface area contributed by atoms with Gasteiger partial charge in [-0.05, 0) is 19.9 Å². The number of H-pyrrole nitrogens is 1. The Morgan fingerprint density at radius 3 is 2.86 bits per heavy atom. The van der Waals surface area contributed by atoms with Gasteiger partial charge in [0.1, 0.15) is 5.69 Å². The molecule has 1 heterocycles. The third-order valence-electron chi connectivity index (χ3n) is 1.67. The Labute approximate surface area is 88.9 Å². The summed E-state index contributed by atoms with van der Waals surface area (Å²) in [7, 11) is 0. The molecule has 1 aromatic rings. The molecule has 6 heteroatoms. The summed E-state index contributed by atoms with van der Waals surface area (Å²) in [5, 5.41) is 9.24. The van der Waals surface area contributed by atoms with E-state index in [1.165, 1.54) is 0 Å². The SMILES string of the molecule is Cc1cc(C(=O)N[C@@H](C)CN)n[nH]1.Cl. The summed E-state index contributed by atoms with van der Waals surface area (Å²) in [6.45, 7) is 4.11. The predicted molar refractivity (Wildman–Crippen MR) is 56.6 cm³/mol. The maximum absolute atomic E-state index is 11.4. The van der Waals surface area contributed by atoms with E-state index >= 15 is 0 Å². The predicted octanol–water partition coefficient (Wildman–Crippen LogP) is 0.217. The molecule has 1 aromatic heterocycles. The number of carbonyl (C=O) groups excluding carboxylic acids is 1. The lowest BCUT2D eigenvalue weighted by atomic mass is 10.3. The van der Waals surface area contributed by atoms with Crippen molar-refractivity contribution in [1.82, 2.24) is 15.5 Å². The van der Waals surface area contributed by atoms with Gasteiger partial charge in [-0.1, -0.05) is 0 Å². The van der Waals surface area contributed by atoms with E-state index in [9.17, 15) is 4.79 Å². The van der Waals surface area contributed by atoms with Gasteiger partial charge in [0, 0.05) is 18.3 Å². The molecule has 0 aliphatic heterocycles. The average Bonchev–Trinajstić information content (AvgIpc) is 2.51. The van der Waals surface area contributed by atoms with E-state index in [1.54, 1.807) is 6.07 Å².